The van der Waals surface area contributed by atoms with Gasteiger partial charge in [0, 0.05) is 49.0 Å². The summed E-state index contributed by atoms with van der Waals surface area (Å²) in [6.45, 7) is 2.65. The minimum Gasteiger partial charge on any atom is -0.395 e. The molecule has 1 fully saturated rings. The maximum atomic E-state index is 12.6. The van der Waals surface area contributed by atoms with Crippen molar-refractivity contribution in [1.82, 2.24) is 24.3 Å². The first-order valence-corrected chi connectivity index (χ1v) is 14.3. The predicted octanol–water partition coefficient (Wildman–Crippen LogP) is 3.77. The maximum absolute atomic E-state index is 12.6. The van der Waals surface area contributed by atoms with Gasteiger partial charge in [0.05, 0.1) is 55.2 Å². The van der Waals surface area contributed by atoms with E-state index in [9.17, 15) is 15.0 Å². The third-order valence-electron chi connectivity index (χ3n) is 7.31. The van der Waals surface area contributed by atoms with Gasteiger partial charge in [-0.05, 0) is 36.4 Å². The van der Waals surface area contributed by atoms with E-state index in [2.05, 4.69) is 16.3 Å². The van der Waals surface area contributed by atoms with Crippen molar-refractivity contribution in [3.05, 3.63) is 84.4 Å². The highest BCUT2D eigenvalue weighted by Crippen LogP contribution is 2.28. The van der Waals surface area contributed by atoms with Crippen LogP contribution in [-0.4, -0.2) is 93.1 Å². The zero-order chi connectivity index (χ0) is 29.6. The van der Waals surface area contributed by atoms with E-state index < -0.39 is 0 Å². The number of benzene rings is 2. The van der Waals surface area contributed by atoms with Gasteiger partial charge in [0.1, 0.15) is 0 Å². The van der Waals surface area contributed by atoms with Crippen molar-refractivity contribution >= 4 is 46.2 Å². The number of hydrogen-bond donors (Lipinski definition) is 3. The van der Waals surface area contributed by atoms with E-state index in [0.717, 1.165) is 58.1 Å². The molecule has 0 radical (unpaired) electrons. The number of aromatic nitrogens is 4. The summed E-state index contributed by atoms with van der Waals surface area (Å²) in [4.78, 5) is 30.7. The van der Waals surface area contributed by atoms with Crippen LogP contribution in [0.5, 0.6) is 0 Å². The molecule has 1 aliphatic heterocycles. The largest absolute Gasteiger partial charge is 0.395 e. The molecular formula is C32H33N7O4. The summed E-state index contributed by atoms with van der Waals surface area (Å²) in [5.74, 6) is 0.798. The van der Waals surface area contributed by atoms with E-state index in [4.69, 9.17) is 19.7 Å². The van der Waals surface area contributed by atoms with Crippen LogP contribution in [0.4, 0.5) is 16.3 Å². The second-order valence-electron chi connectivity index (χ2n) is 10.1. The maximum Gasteiger partial charge on any atom is 0.321 e. The molecule has 43 heavy (non-hydrogen) atoms. The highest BCUT2D eigenvalue weighted by atomic mass is 16.5. The first-order valence-electron chi connectivity index (χ1n) is 14.3. The van der Waals surface area contributed by atoms with Crippen molar-refractivity contribution in [2.75, 3.05) is 62.8 Å². The van der Waals surface area contributed by atoms with E-state index in [1.807, 2.05) is 83.5 Å². The minimum absolute atomic E-state index is 0.137. The Bertz CT molecular complexity index is 1740. The number of anilines is 2. The monoisotopic (exact) mass is 579 g/mol. The standard InChI is InChI=1S/C32H33N7O4/c40-17-13-38(14-18-41)32(42)36-26-9-6-24(7-10-26)29-21-33-30(37-15-19-43-20-16-37)31-35-27(22-39(29)31)12-11-25-8-5-23-3-1-2-4-28(23)34-25/h1-12,21-22,40-41H,13-20H2,(H,36,42). The van der Waals surface area contributed by atoms with E-state index in [1.165, 1.54) is 4.90 Å². The fourth-order valence-electron chi connectivity index (χ4n) is 5.10. The van der Waals surface area contributed by atoms with Crippen molar-refractivity contribution in [2.45, 2.75) is 0 Å². The number of imidazole rings is 1. The van der Waals surface area contributed by atoms with Gasteiger partial charge in [-0.1, -0.05) is 36.4 Å². The van der Waals surface area contributed by atoms with Gasteiger partial charge >= 0.3 is 6.03 Å². The summed E-state index contributed by atoms with van der Waals surface area (Å²) in [6, 6.07) is 19.2. The van der Waals surface area contributed by atoms with Crippen molar-refractivity contribution < 1.29 is 19.7 Å². The molecule has 0 aliphatic carbocycles. The number of aliphatic hydroxyl groups is 2. The molecule has 0 spiro atoms. The molecule has 1 aliphatic rings. The molecule has 0 bridgehead atoms. The molecule has 220 valence electrons. The van der Waals surface area contributed by atoms with Crippen LogP contribution in [0.15, 0.2) is 73.1 Å². The molecule has 0 unspecified atom stereocenters. The van der Waals surface area contributed by atoms with Crippen LogP contribution in [-0.2, 0) is 4.74 Å². The molecule has 11 heteroatoms. The van der Waals surface area contributed by atoms with Crippen molar-refractivity contribution in [2.24, 2.45) is 0 Å². The van der Waals surface area contributed by atoms with Crippen molar-refractivity contribution in [3.8, 4) is 11.3 Å². The second-order valence-corrected chi connectivity index (χ2v) is 10.1. The molecular weight excluding hydrogens is 546 g/mol. The average Bonchev–Trinajstić information content (AvgIpc) is 3.48. The Kier molecular flexibility index (Phi) is 8.55. The highest BCUT2D eigenvalue weighted by molar-refractivity contribution is 5.89. The number of urea groups is 1. The summed E-state index contributed by atoms with van der Waals surface area (Å²) in [7, 11) is 0. The fraction of sp³-hybridized carbons (Fsp3) is 0.250. The molecule has 2 aromatic carbocycles. The number of ether oxygens (including phenoxy) is 1. The topological polar surface area (TPSA) is 128 Å². The Morgan fingerprint density at radius 3 is 2.44 bits per heavy atom. The van der Waals surface area contributed by atoms with Crippen LogP contribution in [0.3, 0.4) is 0 Å². The number of carbonyl (C=O) groups is 1. The number of nitrogens with zero attached hydrogens (tertiary/aromatic N) is 6. The summed E-state index contributed by atoms with van der Waals surface area (Å²) in [5.41, 5.74) is 5.65. The van der Waals surface area contributed by atoms with Crippen LogP contribution in [0.1, 0.15) is 11.4 Å². The zero-order valence-corrected chi connectivity index (χ0v) is 23.6. The number of rotatable bonds is 9. The second kappa shape index (κ2) is 13.0. The third kappa shape index (κ3) is 6.33. The number of aliphatic hydroxyl groups excluding tert-OH is 2. The number of fused-ring (bicyclic) bond motifs is 2. The molecule has 0 atom stereocenters. The number of nitrogens with one attached hydrogen (secondary N) is 1. The Hall–Kier alpha value is -4.84. The average molecular weight is 580 g/mol. The molecule has 0 saturated carbocycles. The molecule has 4 heterocycles. The number of carbonyl (C=O) groups excluding carboxylic acids is 1. The molecule has 11 nitrogen and oxygen atoms in total. The van der Waals surface area contributed by atoms with Crippen molar-refractivity contribution in [1.29, 1.82) is 0 Å². The lowest BCUT2D eigenvalue weighted by Gasteiger charge is -2.28. The quantitative estimate of drug-likeness (QED) is 0.241. The van der Waals surface area contributed by atoms with Crippen LogP contribution >= 0.6 is 0 Å². The number of hydrogen-bond acceptors (Lipinski definition) is 8. The lowest BCUT2D eigenvalue weighted by atomic mass is 10.1. The van der Waals surface area contributed by atoms with Gasteiger partial charge in [-0.25, -0.2) is 19.7 Å². The first kappa shape index (κ1) is 28.3. The number of amides is 2. The smallest absolute Gasteiger partial charge is 0.321 e. The lowest BCUT2D eigenvalue weighted by Crippen LogP contribution is -2.38. The number of pyridine rings is 1. The van der Waals surface area contributed by atoms with Crippen LogP contribution < -0.4 is 10.2 Å². The normalized spacial score (nSPS) is 13.7. The summed E-state index contributed by atoms with van der Waals surface area (Å²) >= 11 is 0. The Morgan fingerprint density at radius 1 is 0.930 bits per heavy atom. The summed E-state index contributed by atoms with van der Waals surface area (Å²) in [5, 5.41) is 22.4. The van der Waals surface area contributed by atoms with Gasteiger partial charge < -0.3 is 30.1 Å². The van der Waals surface area contributed by atoms with Crippen LogP contribution in [0.2, 0.25) is 0 Å². The first-order chi connectivity index (χ1) is 21.1. The van der Waals surface area contributed by atoms with Gasteiger partial charge in [0.2, 0.25) is 0 Å². The number of morpholine rings is 1. The van der Waals surface area contributed by atoms with Gasteiger partial charge in [-0.2, -0.15) is 0 Å². The van der Waals surface area contributed by atoms with Gasteiger partial charge in [0.25, 0.3) is 0 Å². The SMILES string of the molecule is O=C(Nc1ccc(-c2cnc(N3CCOCC3)c3nc(C=Cc4ccc5ccccc5n4)cn23)cc1)N(CCO)CCO. The molecule has 3 N–H and O–H groups in total. The predicted molar refractivity (Wildman–Crippen MR) is 167 cm³/mol. The van der Waals surface area contributed by atoms with E-state index in [1.54, 1.807) is 0 Å². The Balaban J connectivity index is 1.31. The lowest BCUT2D eigenvalue weighted by molar-refractivity contribution is 0.122. The number of para-hydroxylation sites is 1. The zero-order valence-electron chi connectivity index (χ0n) is 23.6. The molecule has 5 aromatic rings. The summed E-state index contributed by atoms with van der Waals surface area (Å²) in [6.07, 6.45) is 7.76. The van der Waals surface area contributed by atoms with Crippen LogP contribution in [0, 0.1) is 0 Å². The summed E-state index contributed by atoms with van der Waals surface area (Å²) < 4.78 is 7.60. The molecule has 3 aromatic heterocycles. The fourth-order valence-corrected chi connectivity index (χ4v) is 5.10. The van der Waals surface area contributed by atoms with Gasteiger partial charge in [-0.15, -0.1) is 0 Å². The minimum atomic E-state index is -0.387. The molecule has 6 rings (SSSR count). The highest BCUT2D eigenvalue weighted by Gasteiger charge is 2.20. The Morgan fingerprint density at radius 2 is 1.67 bits per heavy atom. The van der Waals surface area contributed by atoms with E-state index in [-0.39, 0.29) is 32.3 Å². The molecule has 2 amide bonds. The third-order valence-corrected chi connectivity index (χ3v) is 7.31. The van der Waals surface area contributed by atoms with Gasteiger partial charge in [0.15, 0.2) is 11.5 Å². The van der Waals surface area contributed by atoms with E-state index in [0.29, 0.717) is 18.9 Å². The van der Waals surface area contributed by atoms with E-state index >= 15 is 0 Å². The van der Waals surface area contributed by atoms with Gasteiger partial charge in [-0.3, -0.25) is 4.40 Å². The Labute approximate surface area is 248 Å². The van der Waals surface area contributed by atoms with Crippen LogP contribution in [0.25, 0.3) is 40.0 Å². The van der Waals surface area contributed by atoms with Crippen molar-refractivity contribution in [3.63, 3.8) is 0 Å². The molecule has 1 saturated heterocycles.